The van der Waals surface area contributed by atoms with Gasteiger partial charge >= 0.3 is 29.6 Å². The van der Waals surface area contributed by atoms with E-state index in [9.17, 15) is 18.1 Å². The van der Waals surface area contributed by atoms with E-state index >= 15 is 0 Å². The van der Waals surface area contributed by atoms with Crippen molar-refractivity contribution < 1.29 is 52.4 Å². The van der Waals surface area contributed by atoms with E-state index in [1.54, 1.807) is 0 Å². The summed E-state index contributed by atoms with van der Waals surface area (Å²) in [5, 5.41) is 9.57. The summed E-state index contributed by atoms with van der Waals surface area (Å²) in [6.45, 7) is 0. The Kier molecular flexibility index (Phi) is 4.59. The van der Waals surface area contributed by atoms with Crippen LogP contribution >= 0.6 is 0 Å². The second kappa shape index (κ2) is 4.97. The van der Waals surface area contributed by atoms with Crippen molar-refractivity contribution >= 4 is 10.3 Å². The average molecular weight is 245 g/mol. The molecule has 0 aromatic heterocycles. The number of nitrogens with one attached hydrogen (secondary N) is 1. The molecule has 2 N–H and O–H groups in total. The van der Waals surface area contributed by atoms with E-state index in [1.165, 1.54) is 0 Å². The van der Waals surface area contributed by atoms with Crippen LogP contribution in [0.25, 0.3) is 0 Å². The molecule has 2 unspecified atom stereocenters. The maximum absolute atomic E-state index is 10.5. The molecule has 6 nitrogen and oxygen atoms in total. The van der Waals surface area contributed by atoms with Crippen molar-refractivity contribution in [2.45, 2.75) is 43.6 Å². The maximum Gasteiger partial charge on any atom is 1.00 e. The summed E-state index contributed by atoms with van der Waals surface area (Å²) in [6.07, 6.45) is 0.747. The van der Waals surface area contributed by atoms with Crippen LogP contribution in [0.15, 0.2) is 0 Å². The molecule has 2 heterocycles. The molecule has 2 aliphatic rings. The minimum Gasteiger partial charge on any atom is -0.735 e. The van der Waals surface area contributed by atoms with Gasteiger partial charge < -0.3 is 14.4 Å². The van der Waals surface area contributed by atoms with Crippen LogP contribution in [-0.4, -0.2) is 42.4 Å². The molecule has 2 bridgehead atoms. The Hall–Kier alpha value is 0.790. The minimum atomic E-state index is -4.52. The smallest absolute Gasteiger partial charge is 0.735 e. The number of hydrogen-bond acceptors (Lipinski definition) is 5. The normalized spacial score (nSPS) is 39.9. The van der Waals surface area contributed by atoms with Crippen LogP contribution in [0.3, 0.4) is 0 Å². The van der Waals surface area contributed by atoms with Crippen molar-refractivity contribution in [2.24, 2.45) is 0 Å². The topological polar surface area (TPSA) is 98.7 Å². The second-order valence-electron chi connectivity index (χ2n) is 3.77. The van der Waals surface area contributed by atoms with Gasteiger partial charge in [0, 0.05) is 6.42 Å². The molecule has 2 fully saturated rings. The van der Waals surface area contributed by atoms with Crippen LogP contribution in [0.5, 0.6) is 0 Å². The molecule has 2 saturated heterocycles. The largest absolute Gasteiger partial charge is 1.00 e. The van der Waals surface area contributed by atoms with Crippen LogP contribution in [0.2, 0.25) is 0 Å². The predicted molar refractivity (Wildman–Crippen MR) is 45.1 cm³/mol. The zero-order chi connectivity index (χ0) is 10.3. The van der Waals surface area contributed by atoms with Crippen LogP contribution in [-0.2, 0) is 15.0 Å². The van der Waals surface area contributed by atoms with Gasteiger partial charge in [0.1, 0.15) is 0 Å². The number of hydrogen-bond donors (Lipinski definition) is 2. The van der Waals surface area contributed by atoms with E-state index in [1.807, 2.05) is 4.72 Å². The molecular weight excluding hydrogens is 233 g/mol. The Bertz CT molecular complexity index is 321. The molecule has 0 radical (unpaired) electrons. The quantitative estimate of drug-likeness (QED) is 0.379. The summed E-state index contributed by atoms with van der Waals surface area (Å²) in [5.74, 6) is 0. The van der Waals surface area contributed by atoms with Gasteiger partial charge in [-0.2, -0.15) is 0 Å². The van der Waals surface area contributed by atoms with Crippen LogP contribution in [0.1, 0.15) is 19.3 Å². The Labute approximate surface area is 111 Å². The molecule has 8 heteroatoms. The van der Waals surface area contributed by atoms with Crippen molar-refractivity contribution in [3.63, 3.8) is 0 Å². The summed E-state index contributed by atoms with van der Waals surface area (Å²) >= 11 is 0. The van der Waals surface area contributed by atoms with Gasteiger partial charge in [-0.1, -0.05) is 0 Å². The maximum atomic E-state index is 10.5. The van der Waals surface area contributed by atoms with Crippen molar-refractivity contribution in [3.05, 3.63) is 0 Å². The third kappa shape index (κ3) is 3.37. The third-order valence-corrected chi connectivity index (χ3v) is 3.30. The first-order valence-electron chi connectivity index (χ1n) is 4.52. The van der Waals surface area contributed by atoms with Gasteiger partial charge in [0.25, 0.3) is 0 Å². The van der Waals surface area contributed by atoms with Crippen molar-refractivity contribution in [1.82, 2.24) is 4.72 Å². The zero-order valence-corrected chi connectivity index (χ0v) is 11.2. The minimum absolute atomic E-state index is 0. The van der Waals surface area contributed by atoms with Crippen molar-refractivity contribution in [1.29, 1.82) is 0 Å². The fraction of sp³-hybridized carbons (Fsp3) is 1.00. The molecule has 0 spiro atoms. The van der Waals surface area contributed by atoms with E-state index < -0.39 is 22.4 Å². The number of rotatable bonds is 2. The molecule has 15 heavy (non-hydrogen) atoms. The number of aliphatic hydroxyl groups is 1. The van der Waals surface area contributed by atoms with Crippen LogP contribution in [0, 0.1) is 0 Å². The third-order valence-electron chi connectivity index (χ3n) is 2.74. The van der Waals surface area contributed by atoms with E-state index in [-0.39, 0.29) is 41.8 Å². The predicted octanol–water partition coefficient (Wildman–Crippen LogP) is -4.28. The second-order valence-corrected chi connectivity index (χ2v) is 4.92. The SMILES string of the molecule is O=S(=O)([O-])NC1[C@@H](O)CC2CC[C@H]1O2.[Na+]. The number of aliphatic hydroxyl groups excluding tert-OH is 1. The van der Waals surface area contributed by atoms with Gasteiger partial charge in [0.05, 0.1) is 24.4 Å². The van der Waals surface area contributed by atoms with Gasteiger partial charge in [0.2, 0.25) is 0 Å². The fourth-order valence-electron chi connectivity index (χ4n) is 2.16. The van der Waals surface area contributed by atoms with Crippen LogP contribution < -0.4 is 34.3 Å². The first-order chi connectivity index (χ1) is 6.46. The number of ether oxygens (including phenoxy) is 1. The molecule has 82 valence electrons. The molecule has 4 atom stereocenters. The molecule has 0 aromatic rings. The molecule has 2 aliphatic heterocycles. The van der Waals surface area contributed by atoms with Gasteiger partial charge in [-0.25, -0.2) is 13.1 Å². The Balaban J connectivity index is 0.00000112. The standard InChI is InChI=1S/C7H13NO5S.Na/c9-5-3-4-1-2-6(13-4)7(5)8-14(10,11)12;/h4-9H,1-3H2,(H,10,11,12);/q;+1/p-1/t4?,5-,6+,7?;/m0./s1. The van der Waals surface area contributed by atoms with Gasteiger partial charge in [-0.15, -0.1) is 0 Å². The summed E-state index contributed by atoms with van der Waals surface area (Å²) in [5.41, 5.74) is 0. The van der Waals surface area contributed by atoms with E-state index in [0.717, 1.165) is 6.42 Å². The first kappa shape index (κ1) is 13.9. The van der Waals surface area contributed by atoms with Gasteiger partial charge in [0.15, 0.2) is 10.3 Å². The Morgan fingerprint density at radius 1 is 1.40 bits per heavy atom. The van der Waals surface area contributed by atoms with Crippen molar-refractivity contribution in [3.8, 4) is 0 Å². The van der Waals surface area contributed by atoms with E-state index in [4.69, 9.17) is 4.74 Å². The first-order valence-corrected chi connectivity index (χ1v) is 5.93. The average Bonchev–Trinajstić information content (AvgIpc) is 2.41. The van der Waals surface area contributed by atoms with Gasteiger partial charge in [-0.3, -0.25) is 0 Å². The summed E-state index contributed by atoms with van der Waals surface area (Å²) in [4.78, 5) is 0. The fourth-order valence-corrected chi connectivity index (χ4v) is 2.80. The molecule has 0 aromatic carbocycles. The summed E-state index contributed by atoms with van der Waals surface area (Å²) < 4.78 is 38.7. The van der Waals surface area contributed by atoms with E-state index in [0.29, 0.717) is 12.8 Å². The Morgan fingerprint density at radius 2 is 2.07 bits per heavy atom. The molecular formula is C7H12NNaO5S. The monoisotopic (exact) mass is 245 g/mol. The zero-order valence-electron chi connectivity index (χ0n) is 8.42. The molecule has 0 aliphatic carbocycles. The van der Waals surface area contributed by atoms with Gasteiger partial charge in [-0.05, 0) is 12.8 Å². The van der Waals surface area contributed by atoms with E-state index in [2.05, 4.69) is 0 Å². The molecule has 0 saturated carbocycles. The van der Waals surface area contributed by atoms with Crippen LogP contribution in [0.4, 0.5) is 0 Å². The summed E-state index contributed by atoms with van der Waals surface area (Å²) in [6, 6.07) is -0.781. The summed E-state index contributed by atoms with van der Waals surface area (Å²) in [7, 11) is -4.52. The molecule has 0 amide bonds. The van der Waals surface area contributed by atoms with Crippen molar-refractivity contribution in [2.75, 3.05) is 0 Å². The number of fused-ring (bicyclic) bond motifs is 2. The Morgan fingerprint density at radius 3 is 2.67 bits per heavy atom. The molecule has 2 rings (SSSR count).